The monoisotopic (exact) mass is 262 g/mol. The maximum absolute atomic E-state index is 12.4. The van der Waals surface area contributed by atoms with Crippen LogP contribution in [0.3, 0.4) is 0 Å². The molecule has 98 valence electrons. The van der Waals surface area contributed by atoms with E-state index in [1.165, 1.54) is 0 Å². The van der Waals surface area contributed by atoms with Crippen LogP contribution in [0.25, 0.3) is 0 Å². The predicted octanol–water partition coefficient (Wildman–Crippen LogP) is 1.96. The van der Waals surface area contributed by atoms with Crippen molar-refractivity contribution in [2.75, 3.05) is 13.1 Å². The largest absolute Gasteiger partial charge is 0.481 e. The molecular weight excluding hydrogens is 253 g/mol. The Kier molecular flexibility index (Phi) is 3.12. The standard InChI is InChI=1S/C10H9F3N2O3/c11-10(12,13)6-1-2-9(8(3-6)15(16)17)18-7-4-14-5-7/h1-3,7,14H,4-5H2. The van der Waals surface area contributed by atoms with Gasteiger partial charge < -0.3 is 10.1 Å². The summed E-state index contributed by atoms with van der Waals surface area (Å²) in [4.78, 5) is 9.85. The lowest BCUT2D eigenvalue weighted by molar-refractivity contribution is -0.386. The van der Waals surface area contributed by atoms with Crippen molar-refractivity contribution in [3.8, 4) is 5.75 Å². The summed E-state index contributed by atoms with van der Waals surface area (Å²) in [5, 5.41) is 13.6. The molecule has 1 saturated heterocycles. The van der Waals surface area contributed by atoms with E-state index < -0.39 is 22.4 Å². The molecule has 18 heavy (non-hydrogen) atoms. The minimum Gasteiger partial charge on any atom is -0.481 e. The fourth-order valence-corrected chi connectivity index (χ4v) is 1.46. The molecule has 0 bridgehead atoms. The molecule has 0 saturated carbocycles. The molecule has 1 aliphatic heterocycles. The summed E-state index contributed by atoms with van der Waals surface area (Å²) in [5.41, 5.74) is -1.73. The number of nitrogens with zero attached hydrogens (tertiary/aromatic N) is 1. The van der Waals surface area contributed by atoms with Crippen molar-refractivity contribution in [3.05, 3.63) is 33.9 Å². The second-order valence-corrected chi connectivity index (χ2v) is 3.84. The van der Waals surface area contributed by atoms with Gasteiger partial charge >= 0.3 is 11.9 Å². The highest BCUT2D eigenvalue weighted by molar-refractivity contribution is 5.49. The summed E-state index contributed by atoms with van der Waals surface area (Å²) in [5.74, 6) is -0.139. The minimum atomic E-state index is -4.61. The van der Waals surface area contributed by atoms with Crippen molar-refractivity contribution >= 4 is 5.69 Å². The zero-order chi connectivity index (χ0) is 13.3. The second kappa shape index (κ2) is 4.45. The Bertz CT molecular complexity index is 472. The van der Waals surface area contributed by atoms with Gasteiger partial charge in [0.25, 0.3) is 0 Å². The van der Waals surface area contributed by atoms with Crippen LogP contribution in [0.1, 0.15) is 5.56 Å². The minimum absolute atomic E-state index is 0.139. The topological polar surface area (TPSA) is 64.4 Å². The van der Waals surface area contributed by atoms with E-state index in [0.717, 1.165) is 12.1 Å². The molecule has 5 nitrogen and oxygen atoms in total. The SMILES string of the molecule is O=[N+]([O-])c1cc(C(F)(F)F)ccc1OC1CNC1. The Hall–Kier alpha value is -1.83. The van der Waals surface area contributed by atoms with Crippen molar-refractivity contribution < 1.29 is 22.8 Å². The molecular formula is C10H9F3N2O3. The van der Waals surface area contributed by atoms with Gasteiger partial charge in [-0.2, -0.15) is 13.2 Å². The Morgan fingerprint density at radius 3 is 2.50 bits per heavy atom. The second-order valence-electron chi connectivity index (χ2n) is 3.84. The number of ether oxygens (including phenoxy) is 1. The van der Waals surface area contributed by atoms with Gasteiger partial charge in [0.05, 0.1) is 10.5 Å². The first-order chi connectivity index (χ1) is 8.38. The highest BCUT2D eigenvalue weighted by atomic mass is 19.4. The molecule has 0 unspecified atom stereocenters. The highest BCUT2D eigenvalue weighted by Crippen LogP contribution is 2.36. The summed E-state index contributed by atoms with van der Waals surface area (Å²) in [6.45, 7) is 1.05. The van der Waals surface area contributed by atoms with Gasteiger partial charge in [-0.15, -0.1) is 0 Å². The number of nitro groups is 1. The van der Waals surface area contributed by atoms with Crippen molar-refractivity contribution in [2.24, 2.45) is 0 Å². The van der Waals surface area contributed by atoms with Crippen LogP contribution in [0.5, 0.6) is 5.75 Å². The smallest absolute Gasteiger partial charge is 0.416 e. The molecule has 0 amide bonds. The number of hydrogen-bond acceptors (Lipinski definition) is 4. The molecule has 1 aromatic carbocycles. The van der Waals surface area contributed by atoms with E-state index in [9.17, 15) is 23.3 Å². The fourth-order valence-electron chi connectivity index (χ4n) is 1.46. The van der Waals surface area contributed by atoms with Gasteiger partial charge in [0, 0.05) is 19.2 Å². The van der Waals surface area contributed by atoms with E-state index in [1.54, 1.807) is 0 Å². The Labute approximate surface area is 99.7 Å². The molecule has 1 fully saturated rings. The molecule has 2 rings (SSSR count). The lowest BCUT2D eigenvalue weighted by Gasteiger charge is -2.27. The molecule has 1 heterocycles. The third kappa shape index (κ3) is 2.53. The first-order valence-corrected chi connectivity index (χ1v) is 5.11. The van der Waals surface area contributed by atoms with Crippen LogP contribution >= 0.6 is 0 Å². The van der Waals surface area contributed by atoms with Crippen LogP contribution < -0.4 is 10.1 Å². The molecule has 0 aromatic heterocycles. The molecule has 1 aromatic rings. The van der Waals surface area contributed by atoms with Crippen molar-refractivity contribution in [3.63, 3.8) is 0 Å². The van der Waals surface area contributed by atoms with Gasteiger partial charge in [0.15, 0.2) is 5.75 Å². The molecule has 1 N–H and O–H groups in total. The number of rotatable bonds is 3. The fraction of sp³-hybridized carbons (Fsp3) is 0.400. The maximum Gasteiger partial charge on any atom is 0.416 e. The van der Waals surface area contributed by atoms with Crippen LogP contribution in [0, 0.1) is 10.1 Å². The van der Waals surface area contributed by atoms with Crippen molar-refractivity contribution in [1.82, 2.24) is 5.32 Å². The molecule has 0 spiro atoms. The van der Waals surface area contributed by atoms with Gasteiger partial charge in [-0.05, 0) is 12.1 Å². The normalized spacial score (nSPS) is 16.2. The van der Waals surface area contributed by atoms with E-state index in [1.807, 2.05) is 0 Å². The third-order valence-corrected chi connectivity index (χ3v) is 2.52. The average Bonchev–Trinajstić information content (AvgIpc) is 2.21. The quantitative estimate of drug-likeness (QED) is 0.668. The number of hydrogen-bond donors (Lipinski definition) is 1. The van der Waals surface area contributed by atoms with Gasteiger partial charge in [-0.1, -0.05) is 0 Å². The van der Waals surface area contributed by atoms with E-state index in [-0.39, 0.29) is 11.9 Å². The summed E-state index contributed by atoms with van der Waals surface area (Å²) in [7, 11) is 0. The number of benzene rings is 1. The summed E-state index contributed by atoms with van der Waals surface area (Å²) in [6, 6.07) is 2.25. The number of halogens is 3. The van der Waals surface area contributed by atoms with Crippen molar-refractivity contribution in [1.29, 1.82) is 0 Å². The number of alkyl halides is 3. The first-order valence-electron chi connectivity index (χ1n) is 5.11. The predicted molar refractivity (Wildman–Crippen MR) is 55.4 cm³/mol. The first kappa shape index (κ1) is 12.6. The summed E-state index contributed by atoms with van der Waals surface area (Å²) >= 11 is 0. The average molecular weight is 262 g/mol. The molecule has 0 atom stereocenters. The van der Waals surface area contributed by atoms with Crippen LogP contribution in [0.15, 0.2) is 18.2 Å². The Morgan fingerprint density at radius 1 is 1.39 bits per heavy atom. The van der Waals surface area contributed by atoms with E-state index in [2.05, 4.69) is 5.32 Å². The van der Waals surface area contributed by atoms with Crippen LogP contribution in [-0.4, -0.2) is 24.1 Å². The molecule has 8 heteroatoms. The van der Waals surface area contributed by atoms with Crippen LogP contribution in [0.4, 0.5) is 18.9 Å². The van der Waals surface area contributed by atoms with E-state index >= 15 is 0 Å². The number of nitrogens with one attached hydrogen (secondary N) is 1. The lowest BCUT2D eigenvalue weighted by Crippen LogP contribution is -2.50. The molecule has 1 aliphatic rings. The van der Waals surface area contributed by atoms with Gasteiger partial charge in [0.1, 0.15) is 6.10 Å². The Balaban J connectivity index is 2.31. The van der Waals surface area contributed by atoms with Gasteiger partial charge in [-0.3, -0.25) is 10.1 Å². The number of nitro benzene ring substituents is 1. The van der Waals surface area contributed by atoms with Crippen LogP contribution in [-0.2, 0) is 6.18 Å². The molecule has 0 aliphatic carbocycles. The van der Waals surface area contributed by atoms with Crippen molar-refractivity contribution in [2.45, 2.75) is 12.3 Å². The summed E-state index contributed by atoms with van der Waals surface area (Å²) < 4.78 is 42.5. The van der Waals surface area contributed by atoms with E-state index in [4.69, 9.17) is 4.74 Å². The maximum atomic E-state index is 12.4. The zero-order valence-corrected chi connectivity index (χ0v) is 9.03. The van der Waals surface area contributed by atoms with E-state index in [0.29, 0.717) is 19.2 Å². The zero-order valence-electron chi connectivity index (χ0n) is 9.03. The lowest BCUT2D eigenvalue weighted by atomic mass is 10.1. The third-order valence-electron chi connectivity index (χ3n) is 2.52. The summed E-state index contributed by atoms with van der Waals surface area (Å²) in [6.07, 6.45) is -4.85. The molecule has 0 radical (unpaired) electrons. The Morgan fingerprint density at radius 2 is 2.06 bits per heavy atom. The van der Waals surface area contributed by atoms with Gasteiger partial charge in [0.2, 0.25) is 0 Å². The van der Waals surface area contributed by atoms with Gasteiger partial charge in [-0.25, -0.2) is 0 Å². The van der Waals surface area contributed by atoms with Crippen LogP contribution in [0.2, 0.25) is 0 Å². The highest BCUT2D eigenvalue weighted by Gasteiger charge is 2.34.